The van der Waals surface area contributed by atoms with Gasteiger partial charge in [-0.2, -0.15) is 0 Å². The summed E-state index contributed by atoms with van der Waals surface area (Å²) in [5.74, 6) is -0.183. The van der Waals surface area contributed by atoms with Crippen LogP contribution in [0, 0.1) is 5.41 Å². The lowest BCUT2D eigenvalue weighted by Crippen LogP contribution is -2.57. The first-order chi connectivity index (χ1) is 9.07. The van der Waals surface area contributed by atoms with Crippen molar-refractivity contribution in [3.8, 4) is 0 Å². The predicted molar refractivity (Wildman–Crippen MR) is 82.2 cm³/mol. The topological polar surface area (TPSA) is 75.4 Å². The molecule has 3 N–H and O–H groups in total. The summed E-state index contributed by atoms with van der Waals surface area (Å²) in [7, 11) is 0. The third-order valence-electron chi connectivity index (χ3n) is 3.83. The van der Waals surface area contributed by atoms with Gasteiger partial charge in [0.15, 0.2) is 0 Å². The monoisotopic (exact) mass is 285 g/mol. The molecule has 118 valence electrons. The van der Waals surface area contributed by atoms with Gasteiger partial charge in [-0.1, -0.05) is 13.8 Å². The third-order valence-corrected chi connectivity index (χ3v) is 3.83. The van der Waals surface area contributed by atoms with E-state index in [1.165, 1.54) is 0 Å². The third kappa shape index (κ3) is 5.12. The molecule has 0 spiro atoms. The fraction of sp³-hybridized carbons (Fsp3) is 0.867. The van der Waals surface area contributed by atoms with Crippen molar-refractivity contribution < 1.29 is 9.59 Å². The van der Waals surface area contributed by atoms with Crippen molar-refractivity contribution in [2.75, 3.05) is 19.6 Å². The zero-order valence-electron chi connectivity index (χ0n) is 13.9. The molecule has 0 aromatic heterocycles. The summed E-state index contributed by atoms with van der Waals surface area (Å²) in [6.07, 6.45) is 1.70. The Hall–Kier alpha value is -1.10. The van der Waals surface area contributed by atoms with Crippen LogP contribution in [0.15, 0.2) is 0 Å². The lowest BCUT2D eigenvalue weighted by atomic mass is 9.74. The minimum absolute atomic E-state index is 0.0708. The van der Waals surface area contributed by atoms with E-state index in [9.17, 15) is 9.59 Å². The summed E-state index contributed by atoms with van der Waals surface area (Å²) < 4.78 is 0. The number of carbonyl (C=O) groups is 2. The number of nitrogens with one attached hydrogen (secondary N) is 1. The molecule has 0 saturated heterocycles. The van der Waals surface area contributed by atoms with Crippen LogP contribution in [0.3, 0.4) is 0 Å². The van der Waals surface area contributed by atoms with Gasteiger partial charge in [0.25, 0.3) is 0 Å². The van der Waals surface area contributed by atoms with E-state index in [1.54, 1.807) is 4.90 Å². The van der Waals surface area contributed by atoms with E-state index in [0.29, 0.717) is 13.1 Å². The van der Waals surface area contributed by atoms with Gasteiger partial charge in [-0.25, -0.2) is 0 Å². The molecule has 0 radical (unpaired) electrons. The highest BCUT2D eigenvalue weighted by Crippen LogP contribution is 2.30. The average Bonchev–Trinajstić information content (AvgIpc) is 2.33. The van der Waals surface area contributed by atoms with Crippen LogP contribution in [0.5, 0.6) is 0 Å². The van der Waals surface area contributed by atoms with Crippen LogP contribution >= 0.6 is 0 Å². The van der Waals surface area contributed by atoms with E-state index in [2.05, 4.69) is 5.32 Å². The Morgan fingerprint density at radius 3 is 2.05 bits per heavy atom. The molecule has 0 fully saturated rings. The van der Waals surface area contributed by atoms with Crippen LogP contribution in [-0.2, 0) is 9.59 Å². The smallest absolute Gasteiger partial charge is 0.239 e. The van der Waals surface area contributed by atoms with Crippen molar-refractivity contribution in [1.82, 2.24) is 10.2 Å². The molecule has 5 heteroatoms. The van der Waals surface area contributed by atoms with Crippen molar-refractivity contribution in [2.24, 2.45) is 11.1 Å². The van der Waals surface area contributed by atoms with E-state index in [-0.39, 0.29) is 18.4 Å². The number of nitrogens with zero attached hydrogens (tertiary/aromatic N) is 1. The summed E-state index contributed by atoms with van der Waals surface area (Å²) in [5.41, 5.74) is 4.75. The predicted octanol–water partition coefficient (Wildman–Crippen LogP) is 1.51. The standard InChI is InChI=1S/C15H31N3O2/c1-7-9-17-12(19)11-18(10-8-2)13(20)14(3,4)15(5,6)16/h7-11,16H2,1-6H3,(H,17,19). The van der Waals surface area contributed by atoms with Gasteiger partial charge in [0, 0.05) is 18.6 Å². The van der Waals surface area contributed by atoms with Gasteiger partial charge in [0.2, 0.25) is 11.8 Å². The van der Waals surface area contributed by atoms with Crippen molar-refractivity contribution in [3.05, 3.63) is 0 Å². The summed E-state index contributed by atoms with van der Waals surface area (Å²) in [4.78, 5) is 26.1. The zero-order valence-corrected chi connectivity index (χ0v) is 13.9. The Kier molecular flexibility index (Phi) is 7.20. The maximum absolute atomic E-state index is 12.7. The van der Waals surface area contributed by atoms with Gasteiger partial charge in [-0.15, -0.1) is 0 Å². The van der Waals surface area contributed by atoms with Crippen LogP contribution in [-0.4, -0.2) is 41.9 Å². The molecule has 5 nitrogen and oxygen atoms in total. The Morgan fingerprint density at radius 2 is 1.65 bits per heavy atom. The number of hydrogen-bond donors (Lipinski definition) is 2. The largest absolute Gasteiger partial charge is 0.355 e. The van der Waals surface area contributed by atoms with Crippen molar-refractivity contribution in [2.45, 2.75) is 59.9 Å². The SMILES string of the molecule is CCCNC(=O)CN(CCC)C(=O)C(C)(C)C(C)(C)N. The highest BCUT2D eigenvalue weighted by molar-refractivity contribution is 5.88. The van der Waals surface area contributed by atoms with E-state index in [0.717, 1.165) is 12.8 Å². The van der Waals surface area contributed by atoms with Gasteiger partial charge in [0.05, 0.1) is 12.0 Å². The number of amides is 2. The fourth-order valence-corrected chi connectivity index (χ4v) is 1.69. The lowest BCUT2D eigenvalue weighted by Gasteiger charge is -2.40. The first kappa shape index (κ1) is 18.9. The second kappa shape index (κ2) is 7.62. The van der Waals surface area contributed by atoms with Gasteiger partial charge >= 0.3 is 0 Å². The first-order valence-electron chi connectivity index (χ1n) is 7.42. The molecule has 0 unspecified atom stereocenters. The molecule has 0 aromatic carbocycles. The molecule has 0 rings (SSSR count). The molecule has 0 aliphatic rings. The van der Waals surface area contributed by atoms with Gasteiger partial charge in [0.1, 0.15) is 0 Å². The Balaban J connectivity index is 4.91. The van der Waals surface area contributed by atoms with Crippen LogP contribution in [0.4, 0.5) is 0 Å². The second-order valence-corrected chi connectivity index (χ2v) is 6.42. The summed E-state index contributed by atoms with van der Waals surface area (Å²) in [6, 6.07) is 0. The molecule has 0 saturated carbocycles. The molecule has 0 bridgehead atoms. The highest BCUT2D eigenvalue weighted by Gasteiger charge is 2.42. The Labute approximate surface area is 123 Å². The van der Waals surface area contributed by atoms with Crippen molar-refractivity contribution in [1.29, 1.82) is 0 Å². The van der Waals surface area contributed by atoms with E-state index < -0.39 is 11.0 Å². The number of carbonyl (C=O) groups excluding carboxylic acids is 2. The summed E-state index contributed by atoms with van der Waals surface area (Å²) >= 11 is 0. The molecule has 0 aliphatic carbocycles. The molecular weight excluding hydrogens is 254 g/mol. The summed E-state index contributed by atoms with van der Waals surface area (Å²) in [6.45, 7) is 12.6. The van der Waals surface area contributed by atoms with Crippen LogP contribution in [0.2, 0.25) is 0 Å². The molecule has 0 heterocycles. The quantitative estimate of drug-likeness (QED) is 0.710. The van der Waals surface area contributed by atoms with E-state index >= 15 is 0 Å². The number of nitrogens with two attached hydrogens (primary N) is 1. The van der Waals surface area contributed by atoms with Gasteiger partial charge in [-0.3, -0.25) is 9.59 Å². The van der Waals surface area contributed by atoms with Gasteiger partial charge in [-0.05, 0) is 40.5 Å². The summed E-state index contributed by atoms with van der Waals surface area (Å²) in [5, 5.41) is 2.80. The number of hydrogen-bond acceptors (Lipinski definition) is 3. The van der Waals surface area contributed by atoms with Crippen LogP contribution < -0.4 is 11.1 Å². The molecule has 20 heavy (non-hydrogen) atoms. The normalized spacial score (nSPS) is 12.2. The van der Waals surface area contributed by atoms with Crippen molar-refractivity contribution in [3.63, 3.8) is 0 Å². The molecule has 0 aromatic rings. The molecule has 0 atom stereocenters. The average molecular weight is 285 g/mol. The number of rotatable bonds is 8. The Morgan fingerprint density at radius 1 is 1.10 bits per heavy atom. The highest BCUT2D eigenvalue weighted by atomic mass is 16.2. The second-order valence-electron chi connectivity index (χ2n) is 6.42. The maximum atomic E-state index is 12.7. The lowest BCUT2D eigenvalue weighted by molar-refractivity contribution is -0.146. The zero-order chi connectivity index (χ0) is 16.0. The van der Waals surface area contributed by atoms with Crippen LogP contribution in [0.25, 0.3) is 0 Å². The van der Waals surface area contributed by atoms with Gasteiger partial charge < -0.3 is 16.0 Å². The minimum atomic E-state index is -0.715. The molecule has 0 aliphatic heterocycles. The molecule has 2 amide bonds. The molecular formula is C15H31N3O2. The van der Waals surface area contributed by atoms with E-state index in [1.807, 2.05) is 41.5 Å². The Bertz CT molecular complexity index is 333. The first-order valence-corrected chi connectivity index (χ1v) is 7.42. The fourth-order valence-electron chi connectivity index (χ4n) is 1.69. The minimum Gasteiger partial charge on any atom is -0.355 e. The van der Waals surface area contributed by atoms with Crippen LogP contribution in [0.1, 0.15) is 54.4 Å². The van der Waals surface area contributed by atoms with E-state index in [4.69, 9.17) is 5.73 Å². The maximum Gasteiger partial charge on any atom is 0.239 e. The van der Waals surface area contributed by atoms with Crippen molar-refractivity contribution >= 4 is 11.8 Å².